The summed E-state index contributed by atoms with van der Waals surface area (Å²) in [5, 5.41) is 0. The lowest BCUT2D eigenvalue weighted by molar-refractivity contribution is -0.135. The highest BCUT2D eigenvalue weighted by atomic mass is 16.2. The summed E-state index contributed by atoms with van der Waals surface area (Å²) in [4.78, 5) is 25.6. The topological polar surface area (TPSA) is 37.4 Å². The van der Waals surface area contributed by atoms with Gasteiger partial charge < -0.3 is 4.90 Å². The fraction of sp³-hybridized carbons (Fsp3) is 0.692. The molecule has 0 bridgehead atoms. The predicted molar refractivity (Wildman–Crippen MR) is 61.8 cm³/mol. The van der Waals surface area contributed by atoms with Crippen LogP contribution in [-0.2, 0) is 9.59 Å². The zero-order valence-electron chi connectivity index (χ0n) is 10.4. The number of allylic oxidation sites excluding steroid dienone is 1. The lowest BCUT2D eigenvalue weighted by atomic mass is 9.82. The maximum atomic E-state index is 12.3. The van der Waals surface area contributed by atoms with E-state index in [4.69, 9.17) is 0 Å². The number of ketones is 1. The first-order valence-corrected chi connectivity index (χ1v) is 5.86. The second-order valence-corrected chi connectivity index (χ2v) is 5.84. The van der Waals surface area contributed by atoms with Crippen molar-refractivity contribution in [3.05, 3.63) is 12.2 Å². The van der Waals surface area contributed by atoms with Gasteiger partial charge in [-0.25, -0.2) is 0 Å². The highest BCUT2D eigenvalue weighted by molar-refractivity contribution is 5.95. The Hall–Kier alpha value is -1.12. The molecular formula is C13H19NO2. The van der Waals surface area contributed by atoms with E-state index in [1.165, 1.54) is 0 Å². The Morgan fingerprint density at radius 1 is 1.31 bits per heavy atom. The molecule has 3 heteroatoms. The van der Waals surface area contributed by atoms with Gasteiger partial charge in [-0.1, -0.05) is 6.08 Å². The Bertz CT molecular complexity index is 365. The minimum Gasteiger partial charge on any atom is -0.334 e. The van der Waals surface area contributed by atoms with Crippen LogP contribution in [0, 0.1) is 11.8 Å². The van der Waals surface area contributed by atoms with Crippen LogP contribution >= 0.6 is 0 Å². The summed E-state index contributed by atoms with van der Waals surface area (Å²) in [5.41, 5.74) is -0.162. The molecule has 2 rings (SSSR count). The molecule has 0 aromatic heterocycles. The van der Waals surface area contributed by atoms with Crippen molar-refractivity contribution in [3.63, 3.8) is 0 Å². The van der Waals surface area contributed by atoms with Gasteiger partial charge in [-0.2, -0.15) is 0 Å². The molecule has 0 aromatic rings. The van der Waals surface area contributed by atoms with E-state index < -0.39 is 0 Å². The fourth-order valence-electron chi connectivity index (χ4n) is 3.01. The van der Waals surface area contributed by atoms with Crippen LogP contribution in [0.25, 0.3) is 0 Å². The fourth-order valence-corrected chi connectivity index (χ4v) is 3.01. The van der Waals surface area contributed by atoms with Crippen LogP contribution in [0.5, 0.6) is 0 Å². The summed E-state index contributed by atoms with van der Waals surface area (Å²) in [7, 11) is 0. The molecule has 3 nitrogen and oxygen atoms in total. The largest absolute Gasteiger partial charge is 0.334 e. The monoisotopic (exact) mass is 221 g/mol. The van der Waals surface area contributed by atoms with Crippen LogP contribution in [0.3, 0.4) is 0 Å². The van der Waals surface area contributed by atoms with E-state index in [9.17, 15) is 9.59 Å². The average Bonchev–Trinajstić information content (AvgIpc) is 2.38. The zero-order valence-corrected chi connectivity index (χ0v) is 10.4. The SMILES string of the molecule is CC1C2CC(=O)C=CC2C(=O)N1C(C)(C)C. The van der Waals surface area contributed by atoms with Crippen molar-refractivity contribution in [2.24, 2.45) is 11.8 Å². The van der Waals surface area contributed by atoms with Gasteiger partial charge in [0.25, 0.3) is 0 Å². The van der Waals surface area contributed by atoms with Crippen molar-refractivity contribution in [1.82, 2.24) is 4.90 Å². The lowest BCUT2D eigenvalue weighted by Gasteiger charge is -2.36. The smallest absolute Gasteiger partial charge is 0.230 e. The Morgan fingerprint density at radius 3 is 2.50 bits per heavy atom. The van der Waals surface area contributed by atoms with Gasteiger partial charge in [0.05, 0.1) is 5.92 Å². The van der Waals surface area contributed by atoms with Crippen LogP contribution in [0.2, 0.25) is 0 Å². The third-order valence-electron chi connectivity index (χ3n) is 3.66. The van der Waals surface area contributed by atoms with E-state index in [-0.39, 0.29) is 35.1 Å². The van der Waals surface area contributed by atoms with Gasteiger partial charge in [0.2, 0.25) is 5.91 Å². The molecule has 1 amide bonds. The number of hydrogen-bond acceptors (Lipinski definition) is 2. The number of hydrogen-bond donors (Lipinski definition) is 0. The van der Waals surface area contributed by atoms with Gasteiger partial charge in [-0.15, -0.1) is 0 Å². The first kappa shape index (κ1) is 11.4. The van der Waals surface area contributed by atoms with Crippen LogP contribution in [-0.4, -0.2) is 28.2 Å². The normalized spacial score (nSPS) is 34.5. The van der Waals surface area contributed by atoms with Crippen molar-refractivity contribution in [1.29, 1.82) is 0 Å². The van der Waals surface area contributed by atoms with Gasteiger partial charge in [0.1, 0.15) is 0 Å². The molecule has 0 saturated carbocycles. The molecule has 0 N–H and O–H groups in total. The number of nitrogens with zero attached hydrogens (tertiary/aromatic N) is 1. The molecular weight excluding hydrogens is 202 g/mol. The Labute approximate surface area is 96.5 Å². The number of carbonyl (C=O) groups is 2. The summed E-state index contributed by atoms with van der Waals surface area (Å²) >= 11 is 0. The van der Waals surface area contributed by atoms with E-state index in [0.717, 1.165) is 0 Å². The second-order valence-electron chi connectivity index (χ2n) is 5.84. The number of likely N-dealkylation sites (tertiary alicyclic amines) is 1. The molecule has 1 aliphatic carbocycles. The second kappa shape index (κ2) is 3.44. The highest BCUT2D eigenvalue weighted by Gasteiger charge is 2.49. The highest BCUT2D eigenvalue weighted by Crippen LogP contribution is 2.40. The zero-order chi connectivity index (χ0) is 12.1. The van der Waals surface area contributed by atoms with E-state index in [1.54, 1.807) is 12.2 Å². The van der Waals surface area contributed by atoms with E-state index in [1.807, 2.05) is 25.7 Å². The Balaban J connectivity index is 2.34. The molecule has 16 heavy (non-hydrogen) atoms. The number of fused-ring (bicyclic) bond motifs is 1. The molecule has 0 spiro atoms. The van der Waals surface area contributed by atoms with Gasteiger partial charge in [-0.3, -0.25) is 9.59 Å². The van der Waals surface area contributed by atoms with Gasteiger partial charge >= 0.3 is 0 Å². The van der Waals surface area contributed by atoms with Gasteiger partial charge in [-0.05, 0) is 33.8 Å². The minimum atomic E-state index is -0.162. The quantitative estimate of drug-likeness (QED) is 0.625. The molecule has 1 heterocycles. The first-order valence-electron chi connectivity index (χ1n) is 5.86. The summed E-state index contributed by atoms with van der Waals surface area (Å²) in [6.07, 6.45) is 3.87. The minimum absolute atomic E-state index is 0.0769. The first-order chi connectivity index (χ1) is 7.32. The third-order valence-corrected chi connectivity index (χ3v) is 3.66. The summed E-state index contributed by atoms with van der Waals surface area (Å²) in [6, 6.07) is 0.159. The van der Waals surface area contributed by atoms with Crippen LogP contribution in [0.4, 0.5) is 0 Å². The van der Waals surface area contributed by atoms with Gasteiger partial charge in [0, 0.05) is 23.9 Å². The molecule has 1 aliphatic heterocycles. The molecule has 2 aliphatic rings. The Kier molecular flexibility index (Phi) is 2.44. The molecule has 0 radical (unpaired) electrons. The predicted octanol–water partition coefficient (Wildman–Crippen LogP) is 1.78. The lowest BCUT2D eigenvalue weighted by Crippen LogP contribution is -2.47. The maximum Gasteiger partial charge on any atom is 0.230 e. The number of amides is 1. The van der Waals surface area contributed by atoms with Crippen LogP contribution in [0.15, 0.2) is 12.2 Å². The molecule has 3 atom stereocenters. The summed E-state index contributed by atoms with van der Waals surface area (Å²) in [5.74, 6) is 0.418. The molecule has 88 valence electrons. The van der Waals surface area contributed by atoms with Gasteiger partial charge in [0.15, 0.2) is 5.78 Å². The number of carbonyl (C=O) groups excluding carboxylic acids is 2. The van der Waals surface area contributed by atoms with E-state index >= 15 is 0 Å². The van der Waals surface area contributed by atoms with Crippen molar-refractivity contribution in [2.45, 2.75) is 45.7 Å². The standard InChI is InChI=1S/C13H19NO2/c1-8-11-7-9(15)5-6-10(11)12(16)14(8)13(2,3)4/h5-6,8,10-11H,7H2,1-4H3. The van der Waals surface area contributed by atoms with Crippen molar-refractivity contribution in [3.8, 4) is 0 Å². The summed E-state index contributed by atoms with van der Waals surface area (Å²) < 4.78 is 0. The van der Waals surface area contributed by atoms with E-state index in [0.29, 0.717) is 6.42 Å². The third kappa shape index (κ3) is 1.58. The van der Waals surface area contributed by atoms with E-state index in [2.05, 4.69) is 6.92 Å². The number of rotatable bonds is 0. The molecule has 3 unspecified atom stereocenters. The van der Waals surface area contributed by atoms with Crippen LogP contribution < -0.4 is 0 Å². The average molecular weight is 221 g/mol. The maximum absolute atomic E-state index is 12.3. The van der Waals surface area contributed by atoms with Crippen molar-refractivity contribution >= 4 is 11.7 Å². The van der Waals surface area contributed by atoms with Crippen LogP contribution in [0.1, 0.15) is 34.1 Å². The Morgan fingerprint density at radius 2 is 1.94 bits per heavy atom. The molecule has 1 fully saturated rings. The molecule has 1 saturated heterocycles. The summed E-state index contributed by atoms with van der Waals surface area (Å²) in [6.45, 7) is 8.19. The van der Waals surface area contributed by atoms with Crippen molar-refractivity contribution < 1.29 is 9.59 Å². The van der Waals surface area contributed by atoms with Crippen molar-refractivity contribution in [2.75, 3.05) is 0 Å². The molecule has 0 aromatic carbocycles.